The molecular formula is C24H17BrCl2N4O2. The maximum atomic E-state index is 12.2. The van der Waals surface area contributed by atoms with Gasteiger partial charge in [-0.05, 0) is 36.4 Å². The lowest BCUT2D eigenvalue weighted by Crippen LogP contribution is -2.24. The Balaban J connectivity index is 1.50. The first-order valence-electron chi connectivity index (χ1n) is 9.81. The first kappa shape index (κ1) is 23.0. The smallest absolute Gasteiger partial charge is 0.277 e. The Bertz CT molecular complexity index is 1290. The van der Waals surface area contributed by atoms with Gasteiger partial charge in [-0.1, -0.05) is 75.5 Å². The molecule has 3 aromatic carbocycles. The number of hydrogen-bond acceptors (Lipinski definition) is 4. The molecule has 0 saturated carbocycles. The van der Waals surface area contributed by atoms with Crippen LogP contribution in [0.1, 0.15) is 5.56 Å². The van der Waals surface area contributed by atoms with E-state index < -0.39 is 5.91 Å². The Kier molecular flexibility index (Phi) is 7.44. The summed E-state index contributed by atoms with van der Waals surface area (Å²) in [5.41, 5.74) is 5.75. The van der Waals surface area contributed by atoms with Crippen LogP contribution in [0.15, 0.2) is 88.6 Å². The maximum absolute atomic E-state index is 12.2. The van der Waals surface area contributed by atoms with Crippen molar-refractivity contribution in [2.75, 3.05) is 6.61 Å². The predicted octanol–water partition coefficient (Wildman–Crippen LogP) is 6.14. The summed E-state index contributed by atoms with van der Waals surface area (Å²) in [6.45, 7) is -0.264. The lowest BCUT2D eigenvalue weighted by atomic mass is 10.1. The van der Waals surface area contributed by atoms with E-state index in [0.29, 0.717) is 10.8 Å². The molecule has 0 fully saturated rings. The minimum absolute atomic E-state index is 0.253. The Morgan fingerprint density at radius 2 is 1.82 bits per heavy atom. The highest BCUT2D eigenvalue weighted by Crippen LogP contribution is 2.31. The van der Waals surface area contributed by atoms with Crippen molar-refractivity contribution in [3.63, 3.8) is 0 Å². The lowest BCUT2D eigenvalue weighted by molar-refractivity contribution is -0.123. The van der Waals surface area contributed by atoms with Gasteiger partial charge in [-0.2, -0.15) is 10.2 Å². The predicted molar refractivity (Wildman–Crippen MR) is 134 cm³/mol. The summed E-state index contributed by atoms with van der Waals surface area (Å²) < 4.78 is 8.16. The fourth-order valence-corrected chi connectivity index (χ4v) is 3.58. The van der Waals surface area contributed by atoms with E-state index in [9.17, 15) is 4.79 Å². The number of benzene rings is 3. The van der Waals surface area contributed by atoms with Crippen LogP contribution in [0, 0.1) is 0 Å². The molecule has 4 rings (SSSR count). The number of para-hydroxylation sites is 1. The molecule has 1 amide bonds. The summed E-state index contributed by atoms with van der Waals surface area (Å²) in [7, 11) is 0. The van der Waals surface area contributed by atoms with Crippen molar-refractivity contribution in [1.29, 1.82) is 0 Å². The highest BCUT2D eigenvalue weighted by Gasteiger charge is 2.12. The summed E-state index contributed by atoms with van der Waals surface area (Å²) in [4.78, 5) is 12.2. The van der Waals surface area contributed by atoms with E-state index in [4.69, 9.17) is 33.0 Å². The third kappa shape index (κ3) is 5.82. The molecule has 0 radical (unpaired) electrons. The van der Waals surface area contributed by atoms with E-state index in [1.54, 1.807) is 29.1 Å². The van der Waals surface area contributed by atoms with Gasteiger partial charge in [-0.3, -0.25) is 4.79 Å². The van der Waals surface area contributed by atoms with Crippen molar-refractivity contribution in [2.45, 2.75) is 0 Å². The number of nitrogens with zero attached hydrogens (tertiary/aromatic N) is 3. The molecule has 6 nitrogen and oxygen atoms in total. The van der Waals surface area contributed by atoms with Crippen LogP contribution in [-0.2, 0) is 4.79 Å². The standard InChI is InChI=1S/C24H17BrCl2N4O2/c25-18-11-9-16(10-12-18)24-17(14-31(30-24)19-5-2-1-3-6-19)13-28-29-22(32)15-33-21-8-4-7-20(26)23(21)27/h1-14H,15H2,(H,29,32)/b28-13+. The molecule has 0 bridgehead atoms. The molecular weight excluding hydrogens is 527 g/mol. The molecule has 166 valence electrons. The number of aromatic nitrogens is 2. The van der Waals surface area contributed by atoms with Gasteiger partial charge in [0.1, 0.15) is 16.5 Å². The number of nitrogens with one attached hydrogen (secondary N) is 1. The first-order chi connectivity index (χ1) is 16.0. The van der Waals surface area contributed by atoms with Gasteiger partial charge in [-0.25, -0.2) is 10.1 Å². The molecule has 1 heterocycles. The van der Waals surface area contributed by atoms with Crippen molar-refractivity contribution in [3.8, 4) is 22.7 Å². The van der Waals surface area contributed by atoms with Crippen LogP contribution in [0.4, 0.5) is 0 Å². The Morgan fingerprint density at radius 3 is 2.58 bits per heavy atom. The molecule has 0 aliphatic carbocycles. The fraction of sp³-hybridized carbons (Fsp3) is 0.0417. The summed E-state index contributed by atoms with van der Waals surface area (Å²) in [6.07, 6.45) is 3.40. The molecule has 4 aromatic rings. The number of ether oxygens (including phenoxy) is 1. The van der Waals surface area contributed by atoms with Crippen LogP contribution in [-0.4, -0.2) is 28.5 Å². The van der Waals surface area contributed by atoms with Crippen LogP contribution < -0.4 is 10.2 Å². The lowest BCUT2D eigenvalue weighted by Gasteiger charge is -2.07. The van der Waals surface area contributed by atoms with E-state index in [0.717, 1.165) is 27.0 Å². The second-order valence-corrected chi connectivity index (χ2v) is 8.55. The van der Waals surface area contributed by atoms with Crippen LogP contribution in [0.5, 0.6) is 5.75 Å². The number of halogens is 3. The average molecular weight is 544 g/mol. The second kappa shape index (κ2) is 10.7. The largest absolute Gasteiger partial charge is 0.482 e. The van der Waals surface area contributed by atoms with Crippen molar-refractivity contribution in [3.05, 3.63) is 99.1 Å². The molecule has 0 aliphatic rings. The van der Waals surface area contributed by atoms with E-state index in [2.05, 4.69) is 26.5 Å². The summed E-state index contributed by atoms with van der Waals surface area (Å²) in [5.74, 6) is -0.118. The van der Waals surface area contributed by atoms with Crippen molar-refractivity contribution >= 4 is 51.3 Å². The highest BCUT2D eigenvalue weighted by atomic mass is 79.9. The molecule has 0 aliphatic heterocycles. The van der Waals surface area contributed by atoms with Crippen LogP contribution in [0.25, 0.3) is 16.9 Å². The van der Waals surface area contributed by atoms with E-state index in [1.165, 1.54) is 0 Å². The molecule has 0 unspecified atom stereocenters. The summed E-state index contributed by atoms with van der Waals surface area (Å²) in [5, 5.41) is 9.40. The van der Waals surface area contributed by atoms with Crippen LogP contribution in [0.3, 0.4) is 0 Å². The van der Waals surface area contributed by atoms with E-state index in [-0.39, 0.29) is 11.6 Å². The number of amides is 1. The molecule has 0 atom stereocenters. The Labute approximate surface area is 208 Å². The number of hydrogen-bond donors (Lipinski definition) is 1. The van der Waals surface area contributed by atoms with E-state index >= 15 is 0 Å². The molecule has 33 heavy (non-hydrogen) atoms. The van der Waals surface area contributed by atoms with Gasteiger partial charge in [0.15, 0.2) is 6.61 Å². The third-order valence-corrected chi connectivity index (χ3v) is 5.88. The molecule has 1 N–H and O–H groups in total. The van der Waals surface area contributed by atoms with Gasteiger partial charge in [0.2, 0.25) is 0 Å². The zero-order valence-corrected chi connectivity index (χ0v) is 20.2. The second-order valence-electron chi connectivity index (χ2n) is 6.85. The quantitative estimate of drug-likeness (QED) is 0.225. The number of hydrazone groups is 1. The van der Waals surface area contributed by atoms with Crippen LogP contribution >= 0.6 is 39.1 Å². The minimum atomic E-state index is -0.442. The van der Waals surface area contributed by atoms with Gasteiger partial charge in [0, 0.05) is 21.8 Å². The van der Waals surface area contributed by atoms with Crippen molar-refractivity contribution in [1.82, 2.24) is 15.2 Å². The molecule has 0 saturated heterocycles. The van der Waals surface area contributed by atoms with Gasteiger partial charge < -0.3 is 4.74 Å². The monoisotopic (exact) mass is 542 g/mol. The van der Waals surface area contributed by atoms with Gasteiger partial charge >= 0.3 is 0 Å². The topological polar surface area (TPSA) is 68.5 Å². The molecule has 1 aromatic heterocycles. The number of carbonyl (C=O) groups is 1. The SMILES string of the molecule is O=C(COc1cccc(Cl)c1Cl)N/N=C/c1cn(-c2ccccc2)nc1-c1ccc(Br)cc1. The first-order valence-corrected chi connectivity index (χ1v) is 11.4. The third-order valence-electron chi connectivity index (χ3n) is 4.55. The minimum Gasteiger partial charge on any atom is -0.482 e. The summed E-state index contributed by atoms with van der Waals surface area (Å²) in [6, 6.07) is 22.5. The normalized spacial score (nSPS) is 11.0. The van der Waals surface area contributed by atoms with Gasteiger partial charge in [0.25, 0.3) is 5.91 Å². The molecule has 9 heteroatoms. The zero-order chi connectivity index (χ0) is 23.2. The molecule has 0 spiro atoms. The van der Waals surface area contributed by atoms with Gasteiger partial charge in [-0.15, -0.1) is 0 Å². The highest BCUT2D eigenvalue weighted by molar-refractivity contribution is 9.10. The average Bonchev–Trinajstić information content (AvgIpc) is 3.25. The zero-order valence-electron chi connectivity index (χ0n) is 17.1. The van der Waals surface area contributed by atoms with E-state index in [1.807, 2.05) is 60.8 Å². The number of rotatable bonds is 7. The maximum Gasteiger partial charge on any atom is 0.277 e. The van der Waals surface area contributed by atoms with Crippen molar-refractivity contribution in [2.24, 2.45) is 5.10 Å². The Morgan fingerprint density at radius 1 is 1.06 bits per heavy atom. The van der Waals surface area contributed by atoms with Gasteiger partial charge in [0.05, 0.1) is 16.9 Å². The Hall–Kier alpha value is -3.13. The van der Waals surface area contributed by atoms with Crippen LogP contribution in [0.2, 0.25) is 10.0 Å². The fourth-order valence-electron chi connectivity index (χ4n) is 2.97. The summed E-state index contributed by atoms with van der Waals surface area (Å²) >= 11 is 15.5. The van der Waals surface area contributed by atoms with Crippen molar-refractivity contribution < 1.29 is 9.53 Å². The number of carbonyl (C=O) groups excluding carboxylic acids is 1.